The van der Waals surface area contributed by atoms with E-state index in [1.165, 1.54) is 17.7 Å². The highest BCUT2D eigenvalue weighted by atomic mass is 32.1. The van der Waals surface area contributed by atoms with Gasteiger partial charge < -0.3 is 4.90 Å². The molecule has 1 aliphatic rings. The molecule has 0 aliphatic heterocycles. The number of aliphatic imine (C=N–C) groups is 1. The zero-order valence-corrected chi connectivity index (χ0v) is 11.2. The molecular weight excluding hydrogens is 232 g/mol. The van der Waals surface area contributed by atoms with Crippen molar-refractivity contribution in [3.63, 3.8) is 0 Å². The number of likely N-dealkylation sites (N-methyl/N-ethyl adjacent to an activating group) is 1. The molecule has 0 spiro atoms. The maximum atomic E-state index is 5.54. The normalized spacial score (nSPS) is 17.9. The van der Waals surface area contributed by atoms with Crippen LogP contribution in [-0.2, 0) is 6.42 Å². The molecule has 3 N–H and O–H groups in total. The van der Waals surface area contributed by atoms with Crippen LogP contribution in [0.1, 0.15) is 24.6 Å². The lowest BCUT2D eigenvalue weighted by Gasteiger charge is -2.27. The molecule has 1 aliphatic carbocycles. The quantitative estimate of drug-likeness (QED) is 0.370. The van der Waals surface area contributed by atoms with E-state index in [0.29, 0.717) is 12.1 Å². The fraction of sp³-hybridized carbons (Fsp3) is 0.583. The third-order valence-corrected chi connectivity index (χ3v) is 3.95. The zero-order valence-electron chi connectivity index (χ0n) is 10.4. The van der Waals surface area contributed by atoms with E-state index in [4.69, 9.17) is 5.84 Å². The minimum Gasteiger partial charge on any atom is -0.342 e. The van der Waals surface area contributed by atoms with Gasteiger partial charge in [-0.1, -0.05) is 6.07 Å². The van der Waals surface area contributed by atoms with Gasteiger partial charge in [0.2, 0.25) is 5.96 Å². The van der Waals surface area contributed by atoms with Gasteiger partial charge in [0.25, 0.3) is 0 Å². The summed E-state index contributed by atoms with van der Waals surface area (Å²) in [6.07, 6.45) is 3.41. The van der Waals surface area contributed by atoms with Crippen molar-refractivity contribution >= 4 is 17.3 Å². The Hall–Kier alpha value is -1.07. The molecule has 1 atom stereocenters. The molecule has 2 rings (SSSR count). The van der Waals surface area contributed by atoms with Crippen LogP contribution in [0.15, 0.2) is 22.5 Å². The molecule has 0 radical (unpaired) electrons. The second-order valence-corrected chi connectivity index (χ2v) is 5.60. The molecule has 0 saturated heterocycles. The molecule has 94 valence electrons. The van der Waals surface area contributed by atoms with Crippen molar-refractivity contribution in [3.05, 3.63) is 22.4 Å². The number of nitrogens with two attached hydrogens (primary N) is 1. The van der Waals surface area contributed by atoms with Crippen molar-refractivity contribution in [1.29, 1.82) is 0 Å². The molecular formula is C12H20N4S. The second-order valence-electron chi connectivity index (χ2n) is 4.57. The first kappa shape index (κ1) is 12.4. The Morgan fingerprint density at radius 1 is 1.71 bits per heavy atom. The van der Waals surface area contributed by atoms with Crippen LogP contribution < -0.4 is 11.3 Å². The van der Waals surface area contributed by atoms with Crippen molar-refractivity contribution in [2.45, 2.75) is 38.3 Å². The summed E-state index contributed by atoms with van der Waals surface area (Å²) in [7, 11) is 2.04. The van der Waals surface area contributed by atoms with Crippen molar-refractivity contribution in [2.75, 3.05) is 7.05 Å². The molecule has 1 unspecified atom stereocenters. The van der Waals surface area contributed by atoms with Crippen LogP contribution in [-0.4, -0.2) is 30.0 Å². The van der Waals surface area contributed by atoms with Gasteiger partial charge in [0.15, 0.2) is 0 Å². The summed E-state index contributed by atoms with van der Waals surface area (Å²) < 4.78 is 0. The first-order chi connectivity index (χ1) is 8.20. The molecule has 1 saturated carbocycles. The SMILES string of the molecule is CC(Cc1cccs1)N(C)C(=NC1CC1)NN. The number of hydrogen-bond acceptors (Lipinski definition) is 3. The maximum absolute atomic E-state index is 5.54. The highest BCUT2D eigenvalue weighted by Crippen LogP contribution is 2.24. The van der Waals surface area contributed by atoms with E-state index in [1.54, 1.807) is 11.3 Å². The molecule has 1 heterocycles. The summed E-state index contributed by atoms with van der Waals surface area (Å²) >= 11 is 1.80. The van der Waals surface area contributed by atoms with Crippen LogP contribution in [0.3, 0.4) is 0 Å². The Balaban J connectivity index is 1.94. The highest BCUT2D eigenvalue weighted by Gasteiger charge is 2.23. The van der Waals surface area contributed by atoms with E-state index >= 15 is 0 Å². The van der Waals surface area contributed by atoms with E-state index in [2.05, 4.69) is 39.8 Å². The number of nitrogens with one attached hydrogen (secondary N) is 1. The molecule has 0 bridgehead atoms. The van der Waals surface area contributed by atoms with Gasteiger partial charge in [-0.2, -0.15) is 0 Å². The number of hydrazine groups is 1. The average Bonchev–Trinajstić information content (AvgIpc) is 3.01. The largest absolute Gasteiger partial charge is 0.342 e. The zero-order chi connectivity index (χ0) is 12.3. The minimum absolute atomic E-state index is 0.391. The standard InChI is InChI=1S/C12H20N4S/c1-9(8-11-4-3-7-17-11)16(2)12(15-13)14-10-5-6-10/h3-4,7,9-10H,5-6,8,13H2,1-2H3,(H,14,15). The lowest BCUT2D eigenvalue weighted by molar-refractivity contribution is 0.375. The van der Waals surface area contributed by atoms with Crippen molar-refractivity contribution in [1.82, 2.24) is 10.3 Å². The van der Waals surface area contributed by atoms with Gasteiger partial charge in [-0.05, 0) is 31.2 Å². The monoisotopic (exact) mass is 252 g/mol. The Bertz CT molecular complexity index is 370. The maximum Gasteiger partial charge on any atom is 0.208 e. The molecule has 1 aromatic heterocycles. The predicted molar refractivity (Wildman–Crippen MR) is 73.0 cm³/mol. The van der Waals surface area contributed by atoms with Crippen LogP contribution in [0.25, 0.3) is 0 Å². The topological polar surface area (TPSA) is 53.6 Å². The van der Waals surface area contributed by atoms with Gasteiger partial charge in [-0.3, -0.25) is 5.43 Å². The van der Waals surface area contributed by atoms with Crippen molar-refractivity contribution < 1.29 is 0 Å². The summed E-state index contributed by atoms with van der Waals surface area (Å²) in [5.41, 5.74) is 2.71. The molecule has 4 nitrogen and oxygen atoms in total. The molecule has 17 heavy (non-hydrogen) atoms. The average molecular weight is 252 g/mol. The first-order valence-electron chi connectivity index (χ1n) is 6.00. The number of rotatable bonds is 4. The summed E-state index contributed by atoms with van der Waals surface area (Å²) in [6.45, 7) is 2.19. The van der Waals surface area contributed by atoms with E-state index in [-0.39, 0.29) is 0 Å². The fourth-order valence-corrected chi connectivity index (χ4v) is 2.50. The van der Waals surface area contributed by atoms with E-state index in [1.807, 2.05) is 7.05 Å². The Labute approximate surface area is 107 Å². The van der Waals surface area contributed by atoms with E-state index in [0.717, 1.165) is 12.4 Å². The molecule has 1 fully saturated rings. The molecule has 5 heteroatoms. The number of thiophene rings is 1. The first-order valence-corrected chi connectivity index (χ1v) is 6.88. The van der Waals surface area contributed by atoms with E-state index < -0.39 is 0 Å². The Morgan fingerprint density at radius 2 is 2.47 bits per heavy atom. The van der Waals surface area contributed by atoms with Crippen LogP contribution >= 0.6 is 11.3 Å². The third-order valence-electron chi connectivity index (χ3n) is 3.05. The highest BCUT2D eigenvalue weighted by molar-refractivity contribution is 7.09. The van der Waals surface area contributed by atoms with Crippen LogP contribution in [0, 0.1) is 0 Å². The van der Waals surface area contributed by atoms with Gasteiger partial charge in [-0.25, -0.2) is 10.8 Å². The third kappa shape index (κ3) is 3.44. The Kier molecular flexibility index (Phi) is 4.02. The van der Waals surface area contributed by atoms with Gasteiger partial charge in [-0.15, -0.1) is 11.3 Å². The van der Waals surface area contributed by atoms with Gasteiger partial charge in [0.1, 0.15) is 0 Å². The van der Waals surface area contributed by atoms with Gasteiger partial charge >= 0.3 is 0 Å². The number of nitrogens with zero attached hydrogens (tertiary/aromatic N) is 2. The smallest absolute Gasteiger partial charge is 0.208 e. The Morgan fingerprint density at radius 3 is 3.00 bits per heavy atom. The molecule has 0 amide bonds. The number of hydrogen-bond donors (Lipinski definition) is 2. The van der Waals surface area contributed by atoms with Crippen LogP contribution in [0.2, 0.25) is 0 Å². The molecule has 0 aromatic carbocycles. The van der Waals surface area contributed by atoms with Gasteiger partial charge in [0.05, 0.1) is 6.04 Å². The lowest BCUT2D eigenvalue weighted by atomic mass is 10.2. The fourth-order valence-electron chi connectivity index (χ4n) is 1.67. The summed E-state index contributed by atoms with van der Waals surface area (Å²) in [5, 5.41) is 2.11. The van der Waals surface area contributed by atoms with Crippen molar-refractivity contribution in [3.8, 4) is 0 Å². The number of guanidine groups is 1. The lowest BCUT2D eigenvalue weighted by Crippen LogP contribution is -2.47. The van der Waals surface area contributed by atoms with Crippen LogP contribution in [0.4, 0.5) is 0 Å². The van der Waals surface area contributed by atoms with E-state index in [9.17, 15) is 0 Å². The van der Waals surface area contributed by atoms with Gasteiger partial charge in [0, 0.05) is 24.4 Å². The van der Waals surface area contributed by atoms with Crippen LogP contribution in [0.5, 0.6) is 0 Å². The minimum atomic E-state index is 0.391. The summed E-state index contributed by atoms with van der Waals surface area (Å²) in [4.78, 5) is 8.09. The molecule has 1 aromatic rings. The predicted octanol–water partition coefficient (Wildman–Crippen LogP) is 1.59. The summed E-state index contributed by atoms with van der Waals surface area (Å²) in [5.74, 6) is 6.34. The van der Waals surface area contributed by atoms with Crippen molar-refractivity contribution in [2.24, 2.45) is 10.8 Å². The summed E-state index contributed by atoms with van der Waals surface area (Å²) in [6, 6.07) is 5.13. The second kappa shape index (κ2) is 5.51.